The lowest BCUT2D eigenvalue weighted by Gasteiger charge is -2.48. The maximum Gasteiger partial charge on any atom is 0.229 e. The van der Waals surface area contributed by atoms with Gasteiger partial charge in [0.05, 0.1) is 20.3 Å². The van der Waals surface area contributed by atoms with Crippen LogP contribution < -0.4 is 9.47 Å². The third-order valence-corrected chi connectivity index (χ3v) is 6.22. The summed E-state index contributed by atoms with van der Waals surface area (Å²) in [5.41, 5.74) is 1.99. The van der Waals surface area contributed by atoms with Gasteiger partial charge in [-0.15, -0.1) is 0 Å². The second kappa shape index (κ2) is 11.2. The van der Waals surface area contributed by atoms with E-state index in [1.807, 2.05) is 84.9 Å². The number of fused-ring (bicyclic) bond motifs is 1. The Hall–Kier alpha value is -2.94. The van der Waals surface area contributed by atoms with Crippen LogP contribution in [0.4, 0.5) is 0 Å². The molecule has 35 heavy (non-hydrogen) atoms. The molecule has 7 heteroatoms. The quantitative estimate of drug-likeness (QED) is 0.472. The third-order valence-electron chi connectivity index (χ3n) is 6.22. The highest BCUT2D eigenvalue weighted by Gasteiger charge is 2.52. The van der Waals surface area contributed by atoms with Crippen LogP contribution in [0.2, 0.25) is 0 Å². The summed E-state index contributed by atoms with van der Waals surface area (Å²) in [6, 6.07) is 27.2. The summed E-state index contributed by atoms with van der Waals surface area (Å²) in [5.74, 6) is 1.38. The molecule has 2 aliphatic rings. The van der Waals surface area contributed by atoms with Crippen LogP contribution in [0.1, 0.15) is 17.4 Å². The predicted octanol–water partition coefficient (Wildman–Crippen LogP) is 4.51. The minimum Gasteiger partial charge on any atom is -0.497 e. The summed E-state index contributed by atoms with van der Waals surface area (Å²) < 4.78 is 42.6. The number of benzene rings is 3. The van der Waals surface area contributed by atoms with Crippen molar-refractivity contribution in [1.82, 2.24) is 0 Å². The lowest BCUT2D eigenvalue weighted by molar-refractivity contribution is -0.358. The molecule has 3 aromatic carbocycles. The first kappa shape index (κ1) is 23.8. The number of hydrogen-bond acceptors (Lipinski definition) is 7. The Morgan fingerprint density at radius 1 is 0.771 bits per heavy atom. The van der Waals surface area contributed by atoms with Crippen LogP contribution >= 0.6 is 0 Å². The van der Waals surface area contributed by atoms with Crippen LogP contribution in [-0.2, 0) is 30.3 Å². The van der Waals surface area contributed by atoms with E-state index in [9.17, 15) is 0 Å². The van der Waals surface area contributed by atoms with Gasteiger partial charge in [0.25, 0.3) is 0 Å². The van der Waals surface area contributed by atoms with Gasteiger partial charge in [0, 0.05) is 12.7 Å². The van der Waals surface area contributed by atoms with Crippen LogP contribution in [0.3, 0.4) is 0 Å². The van der Waals surface area contributed by atoms with Crippen LogP contribution in [0.25, 0.3) is 0 Å². The molecule has 2 unspecified atom stereocenters. The predicted molar refractivity (Wildman–Crippen MR) is 128 cm³/mol. The normalized spacial score (nSPS) is 28.2. The van der Waals surface area contributed by atoms with Crippen LogP contribution in [0.15, 0.2) is 84.9 Å². The Morgan fingerprint density at radius 2 is 1.46 bits per heavy atom. The van der Waals surface area contributed by atoms with Gasteiger partial charge in [-0.05, 0) is 29.8 Å². The standard InChI is InChI=1S/C28H30O7/c1-29-21-13-15-22(16-14-21)33-28-26(31-17-19-9-5-3-6-10-19)25(30-2)24-23(34-28)18-32-27(35-24)20-11-7-4-8-12-20/h3-16,23-28H,17-18H2,1-2H3/t23-,24-,25+,26-,27?,28?/m1/s1. The first-order valence-corrected chi connectivity index (χ1v) is 11.7. The zero-order chi connectivity index (χ0) is 24.0. The van der Waals surface area contributed by atoms with Gasteiger partial charge in [-0.1, -0.05) is 60.7 Å². The van der Waals surface area contributed by atoms with Crippen molar-refractivity contribution in [1.29, 1.82) is 0 Å². The van der Waals surface area contributed by atoms with Crippen LogP contribution in [0, 0.1) is 0 Å². The van der Waals surface area contributed by atoms with Crippen molar-refractivity contribution in [3.63, 3.8) is 0 Å². The second-order valence-electron chi connectivity index (χ2n) is 8.47. The van der Waals surface area contributed by atoms with Gasteiger partial charge in [0.1, 0.15) is 35.9 Å². The highest BCUT2D eigenvalue weighted by atomic mass is 16.8. The summed E-state index contributed by atoms with van der Waals surface area (Å²) in [4.78, 5) is 0. The Labute approximate surface area is 205 Å². The van der Waals surface area contributed by atoms with Gasteiger partial charge < -0.3 is 33.2 Å². The fourth-order valence-electron chi connectivity index (χ4n) is 4.42. The maximum atomic E-state index is 6.37. The minimum atomic E-state index is -0.723. The molecule has 0 spiro atoms. The molecule has 7 nitrogen and oxygen atoms in total. The van der Waals surface area contributed by atoms with E-state index in [1.54, 1.807) is 14.2 Å². The fourth-order valence-corrected chi connectivity index (χ4v) is 4.42. The topological polar surface area (TPSA) is 64.6 Å². The van der Waals surface area contributed by atoms with Gasteiger partial charge in [-0.3, -0.25) is 0 Å². The lowest BCUT2D eigenvalue weighted by Crippen LogP contribution is -2.64. The Kier molecular flexibility index (Phi) is 7.61. The molecule has 2 heterocycles. The highest BCUT2D eigenvalue weighted by Crippen LogP contribution is 2.37. The maximum absolute atomic E-state index is 6.37. The van der Waals surface area contributed by atoms with Crippen LogP contribution in [-0.4, -0.2) is 51.5 Å². The first-order chi connectivity index (χ1) is 17.2. The molecule has 2 saturated heterocycles. The highest BCUT2D eigenvalue weighted by molar-refractivity contribution is 5.31. The van der Waals surface area contributed by atoms with Crippen molar-refractivity contribution in [2.45, 2.75) is 43.6 Å². The smallest absolute Gasteiger partial charge is 0.229 e. The van der Waals surface area contributed by atoms with Crippen molar-refractivity contribution < 1.29 is 33.2 Å². The van der Waals surface area contributed by atoms with Crippen LogP contribution in [0.5, 0.6) is 11.5 Å². The average Bonchev–Trinajstić information content (AvgIpc) is 2.93. The average molecular weight is 479 g/mol. The summed E-state index contributed by atoms with van der Waals surface area (Å²) in [6.07, 6.45) is -2.98. The summed E-state index contributed by atoms with van der Waals surface area (Å²) >= 11 is 0. The van der Waals surface area contributed by atoms with E-state index >= 15 is 0 Å². The van der Waals surface area contributed by atoms with Crippen molar-refractivity contribution in [2.75, 3.05) is 20.8 Å². The zero-order valence-corrected chi connectivity index (χ0v) is 19.8. The number of hydrogen-bond donors (Lipinski definition) is 0. The first-order valence-electron chi connectivity index (χ1n) is 11.7. The van der Waals surface area contributed by atoms with Crippen molar-refractivity contribution >= 4 is 0 Å². The van der Waals surface area contributed by atoms with E-state index in [0.717, 1.165) is 16.9 Å². The number of rotatable bonds is 8. The molecule has 184 valence electrons. The van der Waals surface area contributed by atoms with E-state index in [-0.39, 0.29) is 6.10 Å². The van der Waals surface area contributed by atoms with Crippen molar-refractivity contribution in [3.8, 4) is 11.5 Å². The molecule has 0 radical (unpaired) electrons. The Balaban J connectivity index is 1.38. The molecule has 0 bridgehead atoms. The second-order valence-corrected chi connectivity index (χ2v) is 8.47. The molecule has 2 aliphatic heterocycles. The molecule has 0 amide bonds. The van der Waals surface area contributed by atoms with Crippen molar-refractivity contribution in [2.24, 2.45) is 0 Å². The van der Waals surface area contributed by atoms with Gasteiger partial charge in [-0.2, -0.15) is 0 Å². The minimum absolute atomic E-state index is 0.345. The molecule has 6 atom stereocenters. The largest absolute Gasteiger partial charge is 0.497 e. The van der Waals surface area contributed by atoms with E-state index < -0.39 is 30.9 Å². The SMILES string of the molecule is COc1ccc(OC2O[C@@H]3COC(c4ccccc4)O[C@H]3[C@H](OC)[C@H]2OCc2ccccc2)cc1. The molecule has 0 saturated carbocycles. The zero-order valence-electron chi connectivity index (χ0n) is 19.8. The van der Waals surface area contributed by atoms with Gasteiger partial charge in [0.2, 0.25) is 6.29 Å². The molecular formula is C28H30O7. The summed E-state index contributed by atoms with van der Waals surface area (Å²) in [5, 5.41) is 0. The van der Waals surface area contributed by atoms with E-state index in [2.05, 4.69) is 0 Å². The molecular weight excluding hydrogens is 448 g/mol. The number of ether oxygens (including phenoxy) is 7. The lowest BCUT2D eigenvalue weighted by atomic mass is 9.97. The molecule has 3 aromatic rings. The molecule has 0 N–H and O–H groups in total. The van der Waals surface area contributed by atoms with E-state index in [4.69, 9.17) is 33.2 Å². The van der Waals surface area contributed by atoms with Gasteiger partial charge >= 0.3 is 0 Å². The fraction of sp³-hybridized carbons (Fsp3) is 0.357. The Bertz CT molecular complexity index is 1040. The van der Waals surface area contributed by atoms with E-state index in [1.165, 1.54) is 0 Å². The molecule has 5 rings (SSSR count). The molecule has 0 aromatic heterocycles. The summed E-state index contributed by atoms with van der Waals surface area (Å²) in [7, 11) is 3.29. The van der Waals surface area contributed by atoms with Crippen molar-refractivity contribution in [3.05, 3.63) is 96.1 Å². The summed E-state index contributed by atoms with van der Waals surface area (Å²) in [6.45, 7) is 0.727. The van der Waals surface area contributed by atoms with Gasteiger partial charge in [0.15, 0.2) is 6.29 Å². The molecule has 2 fully saturated rings. The van der Waals surface area contributed by atoms with E-state index in [0.29, 0.717) is 19.0 Å². The Morgan fingerprint density at radius 3 is 2.14 bits per heavy atom. The number of methoxy groups -OCH3 is 2. The third kappa shape index (κ3) is 5.50. The monoisotopic (exact) mass is 478 g/mol. The van der Waals surface area contributed by atoms with Gasteiger partial charge in [-0.25, -0.2) is 0 Å². The molecule has 0 aliphatic carbocycles.